The number of amides is 3. The van der Waals surface area contributed by atoms with Crippen molar-refractivity contribution in [3.05, 3.63) is 89.5 Å². The van der Waals surface area contributed by atoms with Crippen molar-refractivity contribution in [3.8, 4) is 33.6 Å². The van der Waals surface area contributed by atoms with Crippen LogP contribution in [0, 0.1) is 0 Å². The molecular weight excluding hydrogens is 462 g/mol. The third-order valence-electron chi connectivity index (χ3n) is 5.43. The van der Waals surface area contributed by atoms with Gasteiger partial charge in [-0.25, -0.2) is 17.5 Å². The number of carbonyl (C=O) groups is 3. The lowest BCUT2D eigenvalue weighted by Gasteiger charge is -2.14. The Morgan fingerprint density at radius 2 is 0.806 bits per heavy atom. The predicted octanol–water partition coefficient (Wildman–Crippen LogP) is 0.683. The molecule has 12 nitrogen and oxygen atoms in total. The van der Waals surface area contributed by atoms with Gasteiger partial charge in [-0.2, -0.15) is 0 Å². The van der Waals surface area contributed by atoms with Crippen molar-refractivity contribution in [2.45, 2.75) is 0 Å². The summed E-state index contributed by atoms with van der Waals surface area (Å²) in [5, 5.41) is 12.5. The molecule has 0 aliphatic carbocycles. The van der Waals surface area contributed by atoms with E-state index in [4.69, 9.17) is 17.5 Å². The summed E-state index contributed by atoms with van der Waals surface area (Å²) in [6.45, 7) is 0. The summed E-state index contributed by atoms with van der Waals surface area (Å²) in [7, 11) is 0. The molecule has 1 heterocycles. The van der Waals surface area contributed by atoms with Crippen LogP contribution in [0.1, 0.15) is 31.1 Å². The molecule has 3 amide bonds. The summed E-state index contributed by atoms with van der Waals surface area (Å²) in [5.41, 5.74) is 11.0. The Kier molecular flexibility index (Phi) is 7.02. The lowest BCUT2D eigenvalue weighted by Crippen LogP contribution is -2.29. The summed E-state index contributed by atoms with van der Waals surface area (Å²) < 4.78 is 0. The minimum Gasteiger partial charge on any atom is -0.290 e. The molecule has 0 bridgehead atoms. The number of nitrogens with two attached hydrogens (primary N) is 3. The van der Waals surface area contributed by atoms with Gasteiger partial charge >= 0.3 is 0 Å². The molecule has 36 heavy (non-hydrogen) atoms. The van der Waals surface area contributed by atoms with Crippen LogP contribution in [0.2, 0.25) is 0 Å². The van der Waals surface area contributed by atoms with E-state index in [1.165, 1.54) is 0 Å². The molecule has 0 fully saturated rings. The zero-order chi connectivity index (χ0) is 25.7. The maximum atomic E-state index is 11.9. The lowest BCUT2D eigenvalue weighted by molar-refractivity contribution is 0.0945. The highest BCUT2D eigenvalue weighted by Gasteiger charge is 2.19. The van der Waals surface area contributed by atoms with E-state index in [0.29, 0.717) is 50.3 Å². The van der Waals surface area contributed by atoms with Crippen LogP contribution in [0.15, 0.2) is 72.8 Å². The van der Waals surface area contributed by atoms with Crippen LogP contribution >= 0.6 is 0 Å². The Labute approximate surface area is 204 Å². The number of hydrogen-bond donors (Lipinski definition) is 6. The smallest absolute Gasteiger partial charge is 0.265 e. The Bertz CT molecular complexity index is 1340. The van der Waals surface area contributed by atoms with Crippen LogP contribution in [0.25, 0.3) is 33.6 Å². The fourth-order valence-electron chi connectivity index (χ4n) is 3.60. The highest BCUT2D eigenvalue weighted by Crippen LogP contribution is 2.37. The minimum absolute atomic E-state index is 0.369. The van der Waals surface area contributed by atoms with Crippen LogP contribution < -0.4 is 33.8 Å². The average molecular weight is 483 g/mol. The zero-order valence-corrected chi connectivity index (χ0v) is 18.7. The van der Waals surface area contributed by atoms with Crippen molar-refractivity contribution in [1.82, 2.24) is 31.7 Å². The first-order chi connectivity index (χ1) is 17.5. The number of nitrogens with zero attached hydrogens (tertiary/aromatic N) is 3. The van der Waals surface area contributed by atoms with Crippen molar-refractivity contribution in [2.24, 2.45) is 17.5 Å². The van der Waals surface area contributed by atoms with E-state index >= 15 is 0 Å². The summed E-state index contributed by atoms with van der Waals surface area (Å²) in [4.78, 5) is 35.6. The number of nitrogens with one attached hydrogen (secondary N) is 3. The van der Waals surface area contributed by atoms with Crippen molar-refractivity contribution in [1.29, 1.82) is 0 Å². The molecule has 0 spiro atoms. The topological polar surface area (TPSA) is 204 Å². The van der Waals surface area contributed by atoms with Gasteiger partial charge in [0.15, 0.2) is 0 Å². The number of rotatable bonds is 6. The maximum absolute atomic E-state index is 11.9. The summed E-state index contributed by atoms with van der Waals surface area (Å²) in [5.74, 6) is 14.4. The van der Waals surface area contributed by atoms with Gasteiger partial charge in [-0.05, 0) is 47.2 Å². The normalized spacial score (nSPS) is 10.4. The van der Waals surface area contributed by atoms with Crippen LogP contribution in [0.4, 0.5) is 0 Å². The second kappa shape index (κ2) is 10.5. The first kappa shape index (κ1) is 24.1. The van der Waals surface area contributed by atoms with Gasteiger partial charge in [-0.15, -0.1) is 10.2 Å². The first-order valence-electron chi connectivity index (χ1n) is 10.5. The highest BCUT2D eigenvalue weighted by molar-refractivity contribution is 5.98. The molecule has 0 atom stereocenters. The number of hydrazine groups is 3. The monoisotopic (exact) mass is 483 g/mol. The van der Waals surface area contributed by atoms with E-state index in [9.17, 15) is 14.4 Å². The van der Waals surface area contributed by atoms with Gasteiger partial charge in [-0.1, -0.05) is 36.4 Å². The fourth-order valence-corrected chi connectivity index (χ4v) is 3.60. The van der Waals surface area contributed by atoms with E-state index in [1.807, 2.05) is 0 Å². The lowest BCUT2D eigenvalue weighted by atomic mass is 9.93. The van der Waals surface area contributed by atoms with Crippen molar-refractivity contribution < 1.29 is 14.4 Å². The molecule has 0 unspecified atom stereocenters. The first-order valence-corrected chi connectivity index (χ1v) is 10.5. The second-order valence-electron chi connectivity index (χ2n) is 7.51. The molecule has 12 heteroatoms. The van der Waals surface area contributed by atoms with Gasteiger partial charge in [0.1, 0.15) is 11.4 Å². The minimum atomic E-state index is -0.435. The van der Waals surface area contributed by atoms with E-state index < -0.39 is 17.7 Å². The van der Waals surface area contributed by atoms with Gasteiger partial charge in [0.05, 0.1) is 0 Å². The van der Waals surface area contributed by atoms with E-state index in [1.54, 1.807) is 72.8 Å². The van der Waals surface area contributed by atoms with Gasteiger partial charge in [-0.3, -0.25) is 30.7 Å². The highest BCUT2D eigenvalue weighted by atomic mass is 16.2. The molecule has 4 rings (SSSR count). The Hall–Kier alpha value is -5.04. The number of benzene rings is 3. The number of hydrogen-bond acceptors (Lipinski definition) is 9. The molecule has 1 aromatic heterocycles. The Balaban J connectivity index is 1.88. The van der Waals surface area contributed by atoms with Crippen LogP contribution in [-0.2, 0) is 0 Å². The molecule has 0 saturated carbocycles. The molecule has 0 aliphatic heterocycles. The van der Waals surface area contributed by atoms with E-state index in [-0.39, 0.29) is 0 Å². The Morgan fingerprint density at radius 1 is 0.500 bits per heavy atom. The average Bonchev–Trinajstić information content (AvgIpc) is 2.95. The molecule has 3 aromatic carbocycles. The van der Waals surface area contributed by atoms with Crippen LogP contribution in [0.5, 0.6) is 0 Å². The summed E-state index contributed by atoms with van der Waals surface area (Å²) in [6.07, 6.45) is 0. The van der Waals surface area contributed by atoms with Gasteiger partial charge in [0, 0.05) is 33.4 Å². The fraction of sp³-hybridized carbons (Fsp3) is 0. The van der Waals surface area contributed by atoms with Crippen molar-refractivity contribution in [2.75, 3.05) is 0 Å². The largest absolute Gasteiger partial charge is 0.290 e. The third kappa shape index (κ3) is 4.76. The quantitative estimate of drug-likeness (QED) is 0.129. The van der Waals surface area contributed by atoms with Crippen molar-refractivity contribution in [3.63, 3.8) is 0 Å². The molecule has 0 radical (unpaired) electrons. The molecular formula is C24H21N9O3. The zero-order valence-electron chi connectivity index (χ0n) is 18.7. The van der Waals surface area contributed by atoms with Gasteiger partial charge in [0.25, 0.3) is 17.7 Å². The van der Waals surface area contributed by atoms with Crippen LogP contribution in [-0.4, -0.2) is 33.1 Å². The van der Waals surface area contributed by atoms with E-state index in [2.05, 4.69) is 31.7 Å². The van der Waals surface area contributed by atoms with Gasteiger partial charge < -0.3 is 0 Å². The standard InChI is InChI=1S/C24H21N9O3/c25-28-22(34)16-7-1-13(2-8-16)19-20(14-3-9-17(10-4-14)23(35)29-26)31-33-32-21(19)15-5-11-18(12-6-15)24(36)30-27/h1-12H,25-27H2,(H,28,34)(H,29,35)(H,30,36). The molecule has 0 aliphatic rings. The molecule has 0 saturated heterocycles. The summed E-state index contributed by atoms with van der Waals surface area (Å²) >= 11 is 0. The van der Waals surface area contributed by atoms with E-state index in [0.717, 1.165) is 0 Å². The number of aromatic nitrogens is 3. The third-order valence-corrected chi connectivity index (χ3v) is 5.43. The van der Waals surface area contributed by atoms with Gasteiger partial charge in [0.2, 0.25) is 0 Å². The molecule has 180 valence electrons. The Morgan fingerprint density at radius 3 is 1.11 bits per heavy atom. The number of carbonyl (C=O) groups excluding carboxylic acids is 3. The van der Waals surface area contributed by atoms with Crippen molar-refractivity contribution >= 4 is 17.7 Å². The second-order valence-corrected chi connectivity index (χ2v) is 7.51. The maximum Gasteiger partial charge on any atom is 0.265 e. The summed E-state index contributed by atoms with van der Waals surface area (Å²) in [6, 6.07) is 20.0. The SMILES string of the molecule is NNC(=O)c1ccc(-c2nnnc(-c3ccc(C(=O)NN)cc3)c2-c2ccc(C(=O)NN)cc2)cc1. The van der Waals surface area contributed by atoms with Crippen LogP contribution in [0.3, 0.4) is 0 Å². The molecule has 4 aromatic rings. The predicted molar refractivity (Wildman–Crippen MR) is 131 cm³/mol. The number of nitrogen functional groups attached to an aromatic ring is 3. The molecule has 9 N–H and O–H groups in total.